The van der Waals surface area contributed by atoms with Crippen molar-refractivity contribution in [3.8, 4) is 0 Å². The van der Waals surface area contributed by atoms with Gasteiger partial charge in [-0.15, -0.1) is 0 Å². The van der Waals surface area contributed by atoms with E-state index in [0.717, 1.165) is 6.04 Å². The van der Waals surface area contributed by atoms with E-state index in [1.165, 1.54) is 38.8 Å². The van der Waals surface area contributed by atoms with Crippen molar-refractivity contribution < 1.29 is 0 Å². The van der Waals surface area contributed by atoms with Crippen LogP contribution in [-0.4, -0.2) is 37.1 Å². The van der Waals surface area contributed by atoms with Gasteiger partial charge >= 0.3 is 0 Å². The van der Waals surface area contributed by atoms with E-state index in [9.17, 15) is 0 Å². The molecule has 2 heteroatoms. The van der Waals surface area contributed by atoms with Gasteiger partial charge in [0.25, 0.3) is 0 Å². The largest absolute Gasteiger partial charge is 0.317 e. The van der Waals surface area contributed by atoms with Gasteiger partial charge in [0.1, 0.15) is 0 Å². The zero-order chi connectivity index (χ0) is 11.7. The molecule has 0 heterocycles. The van der Waals surface area contributed by atoms with Crippen molar-refractivity contribution in [2.75, 3.05) is 20.1 Å². The van der Waals surface area contributed by atoms with Crippen molar-refractivity contribution in [3.63, 3.8) is 0 Å². The zero-order valence-electron chi connectivity index (χ0n) is 11.3. The second kappa shape index (κ2) is 9.17. The monoisotopic (exact) mass is 214 g/mol. The van der Waals surface area contributed by atoms with E-state index >= 15 is 0 Å². The van der Waals surface area contributed by atoms with Gasteiger partial charge < -0.3 is 10.2 Å². The van der Waals surface area contributed by atoms with E-state index < -0.39 is 0 Å². The maximum atomic E-state index is 3.29. The number of hydrogen-bond donors (Lipinski definition) is 1. The van der Waals surface area contributed by atoms with Crippen molar-refractivity contribution in [2.24, 2.45) is 0 Å². The molecule has 15 heavy (non-hydrogen) atoms. The summed E-state index contributed by atoms with van der Waals surface area (Å²) in [5, 5.41) is 3.29. The summed E-state index contributed by atoms with van der Waals surface area (Å²) in [5.41, 5.74) is 0. The van der Waals surface area contributed by atoms with Gasteiger partial charge in [0.15, 0.2) is 0 Å². The fourth-order valence-electron chi connectivity index (χ4n) is 1.86. The van der Waals surface area contributed by atoms with E-state index in [4.69, 9.17) is 0 Å². The van der Waals surface area contributed by atoms with Crippen LogP contribution < -0.4 is 5.32 Å². The molecule has 2 nitrogen and oxygen atoms in total. The van der Waals surface area contributed by atoms with Gasteiger partial charge in [0, 0.05) is 12.1 Å². The van der Waals surface area contributed by atoms with Crippen LogP contribution in [-0.2, 0) is 0 Å². The van der Waals surface area contributed by atoms with Crippen LogP contribution in [0.4, 0.5) is 0 Å². The van der Waals surface area contributed by atoms with Crippen molar-refractivity contribution in [1.29, 1.82) is 0 Å². The van der Waals surface area contributed by atoms with Crippen LogP contribution in [0.1, 0.15) is 53.4 Å². The molecule has 92 valence electrons. The van der Waals surface area contributed by atoms with Crippen molar-refractivity contribution in [3.05, 3.63) is 0 Å². The van der Waals surface area contributed by atoms with Crippen LogP contribution in [0.5, 0.6) is 0 Å². The quantitative estimate of drug-likeness (QED) is 0.594. The van der Waals surface area contributed by atoms with Gasteiger partial charge in [-0.05, 0) is 53.2 Å². The first-order valence-corrected chi connectivity index (χ1v) is 6.56. The Morgan fingerprint density at radius 1 is 1.13 bits per heavy atom. The van der Waals surface area contributed by atoms with Gasteiger partial charge in [0.2, 0.25) is 0 Å². The third-order valence-corrected chi connectivity index (χ3v) is 3.45. The highest BCUT2D eigenvalue weighted by molar-refractivity contribution is 4.65. The smallest absolute Gasteiger partial charge is 0.00641 e. The summed E-state index contributed by atoms with van der Waals surface area (Å²) in [6.07, 6.45) is 5.24. The Hall–Kier alpha value is -0.0800. The lowest BCUT2D eigenvalue weighted by molar-refractivity contribution is 0.209. The molecule has 0 rings (SSSR count). The molecule has 0 aliphatic heterocycles. The maximum Gasteiger partial charge on any atom is 0.00641 e. The molecule has 0 aliphatic rings. The first kappa shape index (κ1) is 14.9. The highest BCUT2D eigenvalue weighted by Gasteiger charge is 2.08. The van der Waals surface area contributed by atoms with Crippen LogP contribution in [0.15, 0.2) is 0 Å². The Morgan fingerprint density at radius 3 is 2.27 bits per heavy atom. The molecule has 0 amide bonds. The average molecular weight is 214 g/mol. The molecular formula is C13H30N2. The molecule has 0 saturated carbocycles. The topological polar surface area (TPSA) is 15.3 Å². The fourth-order valence-corrected chi connectivity index (χ4v) is 1.86. The third-order valence-electron chi connectivity index (χ3n) is 3.45. The Labute approximate surface area is 96.4 Å². The van der Waals surface area contributed by atoms with Crippen LogP contribution >= 0.6 is 0 Å². The first-order chi connectivity index (χ1) is 7.15. The van der Waals surface area contributed by atoms with Crippen LogP contribution in [0.3, 0.4) is 0 Å². The molecule has 2 unspecified atom stereocenters. The molecule has 0 aromatic carbocycles. The van der Waals surface area contributed by atoms with Gasteiger partial charge in [-0.3, -0.25) is 0 Å². The molecule has 1 N–H and O–H groups in total. The van der Waals surface area contributed by atoms with Crippen LogP contribution in [0.2, 0.25) is 0 Å². The lowest BCUT2D eigenvalue weighted by Crippen LogP contribution is -2.33. The summed E-state index contributed by atoms with van der Waals surface area (Å²) in [6.45, 7) is 11.6. The zero-order valence-corrected chi connectivity index (χ0v) is 11.3. The molecule has 0 aliphatic carbocycles. The fraction of sp³-hybridized carbons (Fsp3) is 1.00. The number of nitrogens with zero attached hydrogens (tertiary/aromatic N) is 1. The molecule has 0 saturated heterocycles. The first-order valence-electron chi connectivity index (χ1n) is 6.56. The number of nitrogens with one attached hydrogen (secondary N) is 1. The Kier molecular flexibility index (Phi) is 9.12. The van der Waals surface area contributed by atoms with Gasteiger partial charge in [0.05, 0.1) is 0 Å². The summed E-state index contributed by atoms with van der Waals surface area (Å²) in [5.74, 6) is 0. The molecule has 0 fully saturated rings. The van der Waals surface area contributed by atoms with Gasteiger partial charge in [-0.2, -0.15) is 0 Å². The standard InChI is InChI=1S/C13H30N2/c1-6-13(4)15(7-2)11-9-8-10-12(3)14-5/h12-14H,6-11H2,1-5H3. The minimum Gasteiger partial charge on any atom is -0.317 e. The third kappa shape index (κ3) is 6.91. The average Bonchev–Trinajstić information content (AvgIpc) is 2.27. The molecule has 0 aromatic heterocycles. The Bertz CT molecular complexity index is 136. The highest BCUT2D eigenvalue weighted by Crippen LogP contribution is 2.07. The normalized spacial score (nSPS) is 15.6. The van der Waals surface area contributed by atoms with Crippen molar-refractivity contribution in [2.45, 2.75) is 65.5 Å². The summed E-state index contributed by atoms with van der Waals surface area (Å²) in [7, 11) is 2.04. The van der Waals surface area contributed by atoms with Crippen LogP contribution in [0, 0.1) is 0 Å². The van der Waals surface area contributed by atoms with E-state index in [1.54, 1.807) is 0 Å². The lowest BCUT2D eigenvalue weighted by Gasteiger charge is -2.27. The minimum absolute atomic E-state index is 0.670. The van der Waals surface area contributed by atoms with Crippen molar-refractivity contribution in [1.82, 2.24) is 10.2 Å². The second-order valence-electron chi connectivity index (χ2n) is 4.57. The predicted molar refractivity (Wildman–Crippen MR) is 69.4 cm³/mol. The van der Waals surface area contributed by atoms with E-state index in [0.29, 0.717) is 6.04 Å². The Morgan fingerprint density at radius 2 is 1.80 bits per heavy atom. The molecule has 0 spiro atoms. The summed E-state index contributed by atoms with van der Waals surface area (Å²) >= 11 is 0. The summed E-state index contributed by atoms with van der Waals surface area (Å²) in [4.78, 5) is 2.59. The summed E-state index contributed by atoms with van der Waals surface area (Å²) in [6, 6.07) is 1.42. The lowest BCUT2D eigenvalue weighted by atomic mass is 10.1. The molecular weight excluding hydrogens is 184 g/mol. The SMILES string of the molecule is CCC(C)N(CC)CCCCC(C)NC. The van der Waals surface area contributed by atoms with Gasteiger partial charge in [-0.1, -0.05) is 20.3 Å². The number of unbranched alkanes of at least 4 members (excludes halogenated alkanes) is 1. The Balaban J connectivity index is 3.54. The molecule has 0 bridgehead atoms. The minimum atomic E-state index is 0.670. The number of rotatable bonds is 9. The molecule has 2 atom stereocenters. The second-order valence-corrected chi connectivity index (χ2v) is 4.57. The highest BCUT2D eigenvalue weighted by atomic mass is 15.1. The van der Waals surface area contributed by atoms with E-state index in [2.05, 4.69) is 37.9 Å². The van der Waals surface area contributed by atoms with Crippen molar-refractivity contribution >= 4 is 0 Å². The molecule has 0 radical (unpaired) electrons. The number of hydrogen-bond acceptors (Lipinski definition) is 2. The van der Waals surface area contributed by atoms with Crippen LogP contribution in [0.25, 0.3) is 0 Å². The molecule has 0 aromatic rings. The van der Waals surface area contributed by atoms with Gasteiger partial charge in [-0.25, -0.2) is 0 Å². The summed E-state index contributed by atoms with van der Waals surface area (Å²) < 4.78 is 0. The predicted octanol–water partition coefficient (Wildman–Crippen LogP) is 2.89. The van der Waals surface area contributed by atoms with E-state index in [-0.39, 0.29) is 0 Å². The maximum absolute atomic E-state index is 3.29. The van der Waals surface area contributed by atoms with E-state index in [1.807, 2.05) is 7.05 Å².